The molecule has 22 heavy (non-hydrogen) atoms. The molecule has 2 heterocycles. The third-order valence-corrected chi connectivity index (χ3v) is 4.12. The van der Waals surface area contributed by atoms with Gasteiger partial charge in [-0.3, -0.25) is 14.8 Å². The summed E-state index contributed by atoms with van der Waals surface area (Å²) in [6.45, 7) is 8.19. The van der Waals surface area contributed by atoms with Crippen molar-refractivity contribution in [2.45, 2.75) is 20.0 Å². The molecule has 0 atom stereocenters. The van der Waals surface area contributed by atoms with Crippen molar-refractivity contribution in [1.82, 2.24) is 14.8 Å². The van der Waals surface area contributed by atoms with Crippen LogP contribution < -0.4 is 0 Å². The maximum Gasteiger partial charge on any atom is 0.123 e. The van der Waals surface area contributed by atoms with E-state index < -0.39 is 0 Å². The minimum absolute atomic E-state index is 0.166. The van der Waals surface area contributed by atoms with Crippen molar-refractivity contribution in [2.75, 3.05) is 26.2 Å². The zero-order chi connectivity index (χ0) is 15.4. The Morgan fingerprint density at radius 3 is 2.09 bits per heavy atom. The summed E-state index contributed by atoms with van der Waals surface area (Å²) in [6, 6.07) is 9.03. The molecule has 0 unspecified atom stereocenters. The van der Waals surface area contributed by atoms with Gasteiger partial charge in [0.2, 0.25) is 0 Å². The molecule has 0 bridgehead atoms. The van der Waals surface area contributed by atoms with E-state index in [0.29, 0.717) is 0 Å². The summed E-state index contributed by atoms with van der Waals surface area (Å²) in [5.74, 6) is -0.166. The van der Waals surface area contributed by atoms with Crippen molar-refractivity contribution in [3.63, 3.8) is 0 Å². The number of hydrogen-bond acceptors (Lipinski definition) is 3. The summed E-state index contributed by atoms with van der Waals surface area (Å²) in [4.78, 5) is 9.16. The first kappa shape index (κ1) is 15.1. The molecule has 4 heteroatoms. The molecule has 3 nitrogen and oxygen atoms in total. The van der Waals surface area contributed by atoms with Gasteiger partial charge in [-0.25, -0.2) is 4.39 Å². The highest BCUT2D eigenvalue weighted by Crippen LogP contribution is 2.12. The molecular weight excluding hydrogens is 277 g/mol. The van der Waals surface area contributed by atoms with Crippen molar-refractivity contribution >= 4 is 0 Å². The minimum Gasteiger partial charge on any atom is -0.297 e. The topological polar surface area (TPSA) is 19.4 Å². The van der Waals surface area contributed by atoms with E-state index in [-0.39, 0.29) is 5.82 Å². The van der Waals surface area contributed by atoms with Crippen LogP contribution in [-0.2, 0) is 13.1 Å². The molecule has 1 saturated heterocycles. The third kappa shape index (κ3) is 4.12. The number of piperazine rings is 1. The molecule has 116 valence electrons. The van der Waals surface area contributed by atoms with Gasteiger partial charge in [-0.05, 0) is 35.7 Å². The van der Waals surface area contributed by atoms with Gasteiger partial charge in [0, 0.05) is 51.7 Å². The molecular formula is C18H22FN3. The van der Waals surface area contributed by atoms with Crippen LogP contribution in [0.2, 0.25) is 0 Å². The molecule has 1 aromatic heterocycles. The predicted molar refractivity (Wildman–Crippen MR) is 85.9 cm³/mol. The van der Waals surface area contributed by atoms with Gasteiger partial charge in [-0.2, -0.15) is 0 Å². The van der Waals surface area contributed by atoms with Crippen molar-refractivity contribution < 1.29 is 4.39 Å². The van der Waals surface area contributed by atoms with E-state index in [1.54, 1.807) is 0 Å². The Labute approximate surface area is 131 Å². The SMILES string of the molecule is Cc1cncc(CN2CCN(Cc3ccc(F)cc3)CC2)c1. The van der Waals surface area contributed by atoms with Crippen LogP contribution in [0.4, 0.5) is 4.39 Å². The zero-order valence-electron chi connectivity index (χ0n) is 13.0. The van der Waals surface area contributed by atoms with E-state index in [1.165, 1.54) is 28.8 Å². The fourth-order valence-corrected chi connectivity index (χ4v) is 2.92. The van der Waals surface area contributed by atoms with Crippen LogP contribution >= 0.6 is 0 Å². The number of hydrogen-bond donors (Lipinski definition) is 0. The highest BCUT2D eigenvalue weighted by Gasteiger charge is 2.17. The van der Waals surface area contributed by atoms with E-state index in [9.17, 15) is 4.39 Å². The maximum atomic E-state index is 12.9. The fourth-order valence-electron chi connectivity index (χ4n) is 2.92. The lowest BCUT2D eigenvalue weighted by Gasteiger charge is -2.34. The Morgan fingerprint density at radius 1 is 0.909 bits per heavy atom. The quantitative estimate of drug-likeness (QED) is 0.865. The second-order valence-electron chi connectivity index (χ2n) is 6.05. The van der Waals surface area contributed by atoms with Crippen LogP contribution in [-0.4, -0.2) is 41.0 Å². The van der Waals surface area contributed by atoms with Gasteiger partial charge < -0.3 is 0 Å². The lowest BCUT2D eigenvalue weighted by atomic mass is 10.1. The van der Waals surface area contributed by atoms with E-state index in [0.717, 1.165) is 39.3 Å². The molecule has 0 N–H and O–H groups in total. The summed E-state index contributed by atoms with van der Waals surface area (Å²) >= 11 is 0. The average Bonchev–Trinajstić information content (AvgIpc) is 2.52. The second-order valence-corrected chi connectivity index (χ2v) is 6.05. The predicted octanol–water partition coefficient (Wildman–Crippen LogP) is 2.85. The maximum absolute atomic E-state index is 12.9. The molecule has 3 rings (SSSR count). The zero-order valence-corrected chi connectivity index (χ0v) is 13.0. The van der Waals surface area contributed by atoms with Gasteiger partial charge in [0.25, 0.3) is 0 Å². The number of aromatic nitrogens is 1. The van der Waals surface area contributed by atoms with Gasteiger partial charge in [-0.15, -0.1) is 0 Å². The first-order valence-corrected chi connectivity index (χ1v) is 7.79. The van der Waals surface area contributed by atoms with Gasteiger partial charge >= 0.3 is 0 Å². The van der Waals surface area contributed by atoms with E-state index in [2.05, 4.69) is 27.8 Å². The van der Waals surface area contributed by atoms with Crippen LogP contribution in [0, 0.1) is 12.7 Å². The molecule has 1 fully saturated rings. The Morgan fingerprint density at radius 2 is 1.50 bits per heavy atom. The highest BCUT2D eigenvalue weighted by atomic mass is 19.1. The van der Waals surface area contributed by atoms with E-state index >= 15 is 0 Å². The van der Waals surface area contributed by atoms with Crippen LogP contribution in [0.15, 0.2) is 42.7 Å². The van der Waals surface area contributed by atoms with Gasteiger partial charge in [0.1, 0.15) is 5.82 Å². The summed E-state index contributed by atoms with van der Waals surface area (Å²) in [5, 5.41) is 0. The Bertz CT molecular complexity index is 604. The van der Waals surface area contributed by atoms with Gasteiger partial charge in [0.15, 0.2) is 0 Å². The van der Waals surface area contributed by atoms with Crippen molar-refractivity contribution in [3.8, 4) is 0 Å². The highest BCUT2D eigenvalue weighted by molar-refractivity contribution is 5.17. The first-order valence-electron chi connectivity index (χ1n) is 7.79. The molecule has 1 aliphatic rings. The second kappa shape index (κ2) is 6.99. The molecule has 0 amide bonds. The lowest BCUT2D eigenvalue weighted by Crippen LogP contribution is -2.45. The Balaban J connectivity index is 1.49. The van der Waals surface area contributed by atoms with Crippen molar-refractivity contribution in [1.29, 1.82) is 0 Å². The smallest absolute Gasteiger partial charge is 0.123 e. The molecule has 1 aliphatic heterocycles. The summed E-state index contributed by atoms with van der Waals surface area (Å²) < 4.78 is 12.9. The number of pyridine rings is 1. The van der Waals surface area contributed by atoms with Crippen LogP contribution in [0.1, 0.15) is 16.7 Å². The van der Waals surface area contributed by atoms with Crippen LogP contribution in [0.25, 0.3) is 0 Å². The largest absolute Gasteiger partial charge is 0.297 e. The normalized spacial score (nSPS) is 16.8. The Hall–Kier alpha value is -1.78. The van der Waals surface area contributed by atoms with E-state index in [4.69, 9.17) is 0 Å². The third-order valence-electron chi connectivity index (χ3n) is 4.12. The minimum atomic E-state index is -0.166. The molecule has 0 spiro atoms. The average molecular weight is 299 g/mol. The lowest BCUT2D eigenvalue weighted by molar-refractivity contribution is 0.122. The van der Waals surface area contributed by atoms with Crippen LogP contribution in [0.3, 0.4) is 0 Å². The van der Waals surface area contributed by atoms with Crippen molar-refractivity contribution in [2.24, 2.45) is 0 Å². The molecule has 0 saturated carbocycles. The molecule has 0 radical (unpaired) electrons. The molecule has 2 aromatic rings. The van der Waals surface area contributed by atoms with Gasteiger partial charge in [0.05, 0.1) is 0 Å². The number of benzene rings is 1. The summed E-state index contributed by atoms with van der Waals surface area (Å²) in [6.07, 6.45) is 3.85. The number of nitrogens with zero attached hydrogens (tertiary/aromatic N) is 3. The monoisotopic (exact) mass is 299 g/mol. The number of rotatable bonds is 4. The van der Waals surface area contributed by atoms with Crippen molar-refractivity contribution in [3.05, 3.63) is 65.2 Å². The van der Waals surface area contributed by atoms with Crippen LogP contribution in [0.5, 0.6) is 0 Å². The number of aryl methyl sites for hydroxylation is 1. The Kier molecular flexibility index (Phi) is 4.80. The fraction of sp³-hybridized carbons (Fsp3) is 0.389. The summed E-state index contributed by atoms with van der Waals surface area (Å²) in [7, 11) is 0. The number of halogens is 1. The molecule has 1 aromatic carbocycles. The molecule has 0 aliphatic carbocycles. The summed E-state index contributed by atoms with van der Waals surface area (Å²) in [5.41, 5.74) is 3.68. The standard InChI is InChI=1S/C18H22FN3/c1-15-10-17(12-20-11-15)14-22-8-6-21(7-9-22)13-16-2-4-18(19)5-3-16/h2-5,10-12H,6-9,13-14H2,1H3. The first-order chi connectivity index (χ1) is 10.7. The van der Waals surface area contributed by atoms with Gasteiger partial charge in [-0.1, -0.05) is 18.2 Å². The van der Waals surface area contributed by atoms with E-state index in [1.807, 2.05) is 24.5 Å².